The average molecular weight is 567 g/mol. The molecule has 0 saturated carbocycles. The number of hydrogen-bond donors (Lipinski definition) is 2. The zero-order valence-corrected chi connectivity index (χ0v) is 24.9. The minimum atomic E-state index is -0.537. The molecule has 3 aromatic rings. The molecule has 0 bridgehead atoms. The van der Waals surface area contributed by atoms with Gasteiger partial charge in [0.2, 0.25) is 0 Å². The lowest BCUT2D eigenvalue weighted by molar-refractivity contribution is 0.0994. The molecule has 39 heavy (non-hydrogen) atoms. The van der Waals surface area contributed by atoms with E-state index in [0.717, 1.165) is 45.4 Å². The number of aliphatic hydroxyl groups excluding tert-OH is 1. The van der Waals surface area contributed by atoms with E-state index in [1.54, 1.807) is 19.1 Å². The van der Waals surface area contributed by atoms with Crippen molar-refractivity contribution in [1.82, 2.24) is 19.9 Å². The molecule has 1 aliphatic rings. The van der Waals surface area contributed by atoms with Gasteiger partial charge in [-0.1, -0.05) is 42.3 Å². The van der Waals surface area contributed by atoms with E-state index in [1.807, 2.05) is 46.2 Å². The SMILES string of the molecule is CCC[C@@H](O)COc1ccc(Cl)c(-c2nc(C(C(C)=N)=C(C)C)c(C)c(N3Cc4cnc(SC)nc4C3)n2)c1. The molecule has 0 saturated heterocycles. The summed E-state index contributed by atoms with van der Waals surface area (Å²) in [6.07, 6.45) is 4.87. The number of nitrogens with zero attached hydrogens (tertiary/aromatic N) is 5. The Kier molecular flexibility index (Phi) is 9.25. The zero-order valence-electron chi connectivity index (χ0n) is 23.3. The third kappa shape index (κ3) is 6.42. The van der Waals surface area contributed by atoms with Gasteiger partial charge in [0.05, 0.1) is 29.1 Å². The molecule has 206 valence electrons. The first kappa shape index (κ1) is 29.0. The van der Waals surface area contributed by atoms with Crippen molar-refractivity contribution >= 4 is 40.5 Å². The van der Waals surface area contributed by atoms with E-state index in [2.05, 4.69) is 9.88 Å². The van der Waals surface area contributed by atoms with Crippen molar-refractivity contribution in [1.29, 1.82) is 5.41 Å². The molecule has 0 aliphatic carbocycles. The molecule has 3 heterocycles. The highest BCUT2D eigenvalue weighted by Gasteiger charge is 2.27. The highest BCUT2D eigenvalue weighted by Crippen LogP contribution is 2.37. The first-order valence-electron chi connectivity index (χ1n) is 13.0. The summed E-state index contributed by atoms with van der Waals surface area (Å²) in [4.78, 5) is 21.3. The number of anilines is 1. The van der Waals surface area contributed by atoms with Crippen LogP contribution in [0.15, 0.2) is 35.1 Å². The number of allylic oxidation sites excluding steroid dienone is 2. The van der Waals surface area contributed by atoms with Crippen molar-refractivity contribution in [2.24, 2.45) is 0 Å². The predicted octanol–water partition coefficient (Wildman–Crippen LogP) is 6.51. The molecule has 1 aromatic carbocycles. The predicted molar refractivity (Wildman–Crippen MR) is 159 cm³/mol. The Morgan fingerprint density at radius 2 is 1.97 bits per heavy atom. The molecule has 1 atom stereocenters. The molecular formula is C29H35ClN6O2S. The molecular weight excluding hydrogens is 532 g/mol. The maximum Gasteiger partial charge on any atom is 0.187 e. The third-order valence-electron chi connectivity index (χ3n) is 6.59. The number of nitrogens with one attached hydrogen (secondary N) is 1. The first-order chi connectivity index (χ1) is 18.6. The molecule has 2 aromatic heterocycles. The normalized spacial score (nSPS) is 13.3. The van der Waals surface area contributed by atoms with Crippen LogP contribution >= 0.6 is 23.4 Å². The number of hydrogen-bond acceptors (Lipinski definition) is 9. The van der Waals surface area contributed by atoms with Gasteiger partial charge < -0.3 is 20.2 Å². The number of halogens is 1. The number of aliphatic hydroxyl groups is 1. The largest absolute Gasteiger partial charge is 0.491 e. The molecule has 0 amide bonds. The fourth-order valence-corrected chi connectivity index (χ4v) is 5.29. The number of thioether (sulfide) groups is 1. The maximum atomic E-state index is 10.1. The van der Waals surface area contributed by atoms with Crippen LogP contribution in [-0.2, 0) is 13.1 Å². The highest BCUT2D eigenvalue weighted by atomic mass is 35.5. The number of aromatic nitrogens is 4. The number of ether oxygens (including phenoxy) is 1. The van der Waals surface area contributed by atoms with Gasteiger partial charge in [-0.25, -0.2) is 19.9 Å². The molecule has 0 fully saturated rings. The summed E-state index contributed by atoms with van der Waals surface area (Å²) in [5.41, 5.74) is 6.48. The van der Waals surface area contributed by atoms with E-state index in [1.165, 1.54) is 11.8 Å². The number of benzene rings is 1. The van der Waals surface area contributed by atoms with Crippen molar-refractivity contribution < 1.29 is 9.84 Å². The summed E-state index contributed by atoms with van der Waals surface area (Å²) in [7, 11) is 0. The summed E-state index contributed by atoms with van der Waals surface area (Å²) in [6.45, 7) is 11.2. The molecule has 2 N–H and O–H groups in total. The van der Waals surface area contributed by atoms with Crippen molar-refractivity contribution in [2.45, 2.75) is 71.8 Å². The van der Waals surface area contributed by atoms with Crippen LogP contribution in [0.4, 0.5) is 5.82 Å². The van der Waals surface area contributed by atoms with E-state index in [9.17, 15) is 5.11 Å². The topological polar surface area (TPSA) is 108 Å². The molecule has 1 aliphatic heterocycles. The van der Waals surface area contributed by atoms with Crippen LogP contribution in [0.25, 0.3) is 17.0 Å². The standard InChI is InChI=1S/C29H35ClN6O2S/c1-7-8-20(37)15-38-21-9-10-23(30)22(11-21)27-34-26(25(16(2)3)18(5)31)17(4)28(35-27)36-13-19-12-32-29(39-6)33-24(19)14-36/h9-12,20,31,37H,7-8,13-15H2,1-6H3/t20-/m1/s1. The second-order valence-electron chi connectivity index (χ2n) is 9.92. The van der Waals surface area contributed by atoms with Crippen molar-refractivity contribution in [2.75, 3.05) is 17.8 Å². The summed E-state index contributed by atoms with van der Waals surface area (Å²) in [5, 5.41) is 19.9. The van der Waals surface area contributed by atoms with Gasteiger partial charge >= 0.3 is 0 Å². The Bertz CT molecular complexity index is 1420. The van der Waals surface area contributed by atoms with E-state index < -0.39 is 6.10 Å². The van der Waals surface area contributed by atoms with Gasteiger partial charge in [-0.2, -0.15) is 0 Å². The summed E-state index contributed by atoms with van der Waals surface area (Å²) in [6, 6.07) is 5.35. The minimum absolute atomic E-state index is 0.195. The van der Waals surface area contributed by atoms with E-state index in [0.29, 0.717) is 53.1 Å². The third-order valence-corrected chi connectivity index (χ3v) is 7.48. The van der Waals surface area contributed by atoms with Gasteiger partial charge in [0.1, 0.15) is 18.2 Å². The van der Waals surface area contributed by atoms with Crippen LogP contribution < -0.4 is 9.64 Å². The summed E-state index contributed by atoms with van der Waals surface area (Å²) >= 11 is 8.21. The fourth-order valence-electron chi connectivity index (χ4n) is 4.72. The highest BCUT2D eigenvalue weighted by molar-refractivity contribution is 7.98. The second kappa shape index (κ2) is 12.4. The molecule has 0 radical (unpaired) electrons. The first-order valence-corrected chi connectivity index (χ1v) is 14.6. The van der Waals surface area contributed by atoms with Crippen LogP contribution in [-0.4, -0.2) is 49.7 Å². The Morgan fingerprint density at radius 1 is 1.21 bits per heavy atom. The molecule has 10 heteroatoms. The lowest BCUT2D eigenvalue weighted by Gasteiger charge is -2.23. The minimum Gasteiger partial charge on any atom is -0.491 e. The van der Waals surface area contributed by atoms with Crippen LogP contribution in [0, 0.1) is 12.3 Å². The zero-order chi connectivity index (χ0) is 28.3. The monoisotopic (exact) mass is 566 g/mol. The molecule has 4 rings (SSSR count). The van der Waals surface area contributed by atoms with Crippen molar-refractivity contribution in [3.05, 3.63) is 57.5 Å². The van der Waals surface area contributed by atoms with Crippen LogP contribution in [0.3, 0.4) is 0 Å². The smallest absolute Gasteiger partial charge is 0.187 e. The Morgan fingerprint density at radius 3 is 2.64 bits per heavy atom. The van der Waals surface area contributed by atoms with E-state index >= 15 is 0 Å². The number of fused-ring (bicyclic) bond motifs is 1. The quantitative estimate of drug-likeness (QED) is 0.162. The Labute approximate surface area is 239 Å². The average Bonchev–Trinajstić information content (AvgIpc) is 3.32. The summed E-state index contributed by atoms with van der Waals surface area (Å²) in [5.74, 6) is 1.79. The van der Waals surface area contributed by atoms with Gasteiger partial charge in [-0.15, -0.1) is 0 Å². The van der Waals surface area contributed by atoms with Gasteiger partial charge in [0, 0.05) is 40.7 Å². The van der Waals surface area contributed by atoms with Gasteiger partial charge in [0.15, 0.2) is 11.0 Å². The van der Waals surface area contributed by atoms with E-state index in [-0.39, 0.29) is 6.61 Å². The maximum absolute atomic E-state index is 10.1. The van der Waals surface area contributed by atoms with E-state index in [4.69, 9.17) is 36.7 Å². The Balaban J connectivity index is 1.82. The summed E-state index contributed by atoms with van der Waals surface area (Å²) < 4.78 is 5.87. The number of rotatable bonds is 10. The molecule has 8 nitrogen and oxygen atoms in total. The van der Waals surface area contributed by atoms with Crippen molar-refractivity contribution in [3.63, 3.8) is 0 Å². The van der Waals surface area contributed by atoms with Gasteiger partial charge in [-0.3, -0.25) is 0 Å². The molecule has 0 spiro atoms. The molecule has 0 unspecified atom stereocenters. The lowest BCUT2D eigenvalue weighted by atomic mass is 9.98. The Hall–Kier alpha value is -3.01. The fraction of sp³-hybridized carbons (Fsp3) is 0.414. The van der Waals surface area contributed by atoms with Crippen molar-refractivity contribution in [3.8, 4) is 17.1 Å². The van der Waals surface area contributed by atoms with Gasteiger partial charge in [0.25, 0.3) is 0 Å². The van der Waals surface area contributed by atoms with Crippen LogP contribution in [0.1, 0.15) is 63.1 Å². The second-order valence-corrected chi connectivity index (χ2v) is 11.1. The van der Waals surface area contributed by atoms with Crippen LogP contribution in [0.5, 0.6) is 5.75 Å². The van der Waals surface area contributed by atoms with Gasteiger partial charge in [-0.05, 0) is 58.6 Å². The lowest BCUT2D eigenvalue weighted by Crippen LogP contribution is -2.20. The van der Waals surface area contributed by atoms with Crippen LogP contribution in [0.2, 0.25) is 5.02 Å².